The second-order valence-corrected chi connectivity index (χ2v) is 8.72. The van der Waals surface area contributed by atoms with Crippen LogP contribution in [0.2, 0.25) is 0 Å². The molecule has 0 aliphatic rings. The summed E-state index contributed by atoms with van der Waals surface area (Å²) in [6, 6.07) is -4.91. The first-order chi connectivity index (χ1) is 16.3. The van der Waals surface area contributed by atoms with E-state index < -0.39 is 66.1 Å². The number of amides is 5. The maximum Gasteiger partial charge on any atom is 0.326 e. The fourth-order valence-electron chi connectivity index (χ4n) is 3.14. The number of hydrogen-bond acceptors (Lipinski definition) is 8. The van der Waals surface area contributed by atoms with Crippen molar-refractivity contribution >= 4 is 35.5 Å². The van der Waals surface area contributed by atoms with E-state index in [0.717, 1.165) is 0 Å². The van der Waals surface area contributed by atoms with Crippen LogP contribution >= 0.6 is 0 Å². The third-order valence-corrected chi connectivity index (χ3v) is 4.97. The minimum Gasteiger partial charge on any atom is -0.480 e. The number of aliphatic carboxylic acids is 1. The number of nitrogens with two attached hydrogens (primary N) is 4. The van der Waals surface area contributed by atoms with Gasteiger partial charge in [-0.05, 0) is 44.6 Å². The Bertz CT molecular complexity index is 760. The third-order valence-electron chi connectivity index (χ3n) is 4.97. The summed E-state index contributed by atoms with van der Waals surface area (Å²) in [5.41, 5.74) is 21.3. The van der Waals surface area contributed by atoms with Crippen LogP contribution in [0.25, 0.3) is 0 Å². The van der Waals surface area contributed by atoms with Crippen molar-refractivity contribution in [2.45, 2.75) is 83.0 Å². The van der Waals surface area contributed by atoms with E-state index in [1.54, 1.807) is 13.8 Å². The highest BCUT2D eigenvalue weighted by Crippen LogP contribution is 2.08. The first kappa shape index (κ1) is 31.7. The molecule has 14 heteroatoms. The van der Waals surface area contributed by atoms with E-state index in [0.29, 0.717) is 19.4 Å². The van der Waals surface area contributed by atoms with Crippen LogP contribution in [0, 0.1) is 5.92 Å². The highest BCUT2D eigenvalue weighted by atomic mass is 16.4. The quantitative estimate of drug-likeness (QED) is 0.0898. The SMILES string of the molecule is CC(C)CC(NC(=O)C(N)CC(N)=O)C(=O)NC(CCC(N)=O)C(=O)NC(CCCCN)C(=O)O. The largest absolute Gasteiger partial charge is 0.480 e. The molecule has 0 saturated carbocycles. The Morgan fingerprint density at radius 1 is 0.771 bits per heavy atom. The lowest BCUT2D eigenvalue weighted by atomic mass is 10.0. The van der Waals surface area contributed by atoms with Gasteiger partial charge in [0, 0.05) is 6.42 Å². The average molecular weight is 502 g/mol. The number of carboxylic acid groups (broad SMARTS) is 1. The third kappa shape index (κ3) is 13.9. The second-order valence-electron chi connectivity index (χ2n) is 8.72. The molecule has 0 aromatic rings. The first-order valence-electron chi connectivity index (χ1n) is 11.4. The molecule has 0 rings (SSSR count). The molecule has 35 heavy (non-hydrogen) atoms. The van der Waals surface area contributed by atoms with Gasteiger partial charge in [0.15, 0.2) is 0 Å². The Morgan fingerprint density at radius 2 is 1.31 bits per heavy atom. The van der Waals surface area contributed by atoms with Gasteiger partial charge in [0.25, 0.3) is 0 Å². The van der Waals surface area contributed by atoms with Gasteiger partial charge < -0.3 is 44.0 Å². The molecule has 0 aliphatic heterocycles. The molecule has 0 spiro atoms. The fourth-order valence-corrected chi connectivity index (χ4v) is 3.14. The van der Waals surface area contributed by atoms with E-state index in [4.69, 9.17) is 22.9 Å². The predicted octanol–water partition coefficient (Wildman–Crippen LogP) is -2.83. The summed E-state index contributed by atoms with van der Waals surface area (Å²) >= 11 is 0. The molecule has 0 saturated heterocycles. The molecule has 200 valence electrons. The van der Waals surface area contributed by atoms with Gasteiger partial charge in [-0.25, -0.2) is 4.79 Å². The van der Waals surface area contributed by atoms with Gasteiger partial charge in [0.05, 0.1) is 12.5 Å². The standard InChI is InChI=1S/C21H39N7O7/c1-11(2)9-15(28-18(31)12(23)10-17(25)30)20(33)26-13(6-7-16(24)29)19(32)27-14(21(34)35)5-3-4-8-22/h11-15H,3-10,22-23H2,1-2H3,(H2,24,29)(H2,25,30)(H,26,33)(H,27,32)(H,28,31)(H,34,35). The topological polar surface area (TPSA) is 263 Å². The zero-order chi connectivity index (χ0) is 27.1. The molecular weight excluding hydrogens is 462 g/mol. The van der Waals surface area contributed by atoms with Crippen LogP contribution in [-0.2, 0) is 28.8 Å². The van der Waals surface area contributed by atoms with E-state index in [1.807, 2.05) is 0 Å². The lowest BCUT2D eigenvalue weighted by Gasteiger charge is -2.26. The van der Waals surface area contributed by atoms with Crippen LogP contribution in [0.15, 0.2) is 0 Å². The van der Waals surface area contributed by atoms with Crippen molar-refractivity contribution in [1.29, 1.82) is 0 Å². The molecule has 0 bridgehead atoms. The van der Waals surface area contributed by atoms with Crippen molar-refractivity contribution in [3.05, 3.63) is 0 Å². The van der Waals surface area contributed by atoms with Crippen LogP contribution in [-0.4, -0.2) is 71.3 Å². The van der Waals surface area contributed by atoms with Crippen LogP contribution in [0.1, 0.15) is 58.8 Å². The Morgan fingerprint density at radius 3 is 1.80 bits per heavy atom. The van der Waals surface area contributed by atoms with Gasteiger partial charge in [-0.15, -0.1) is 0 Å². The number of unbranched alkanes of at least 4 members (excludes halogenated alkanes) is 1. The van der Waals surface area contributed by atoms with Crippen molar-refractivity contribution in [1.82, 2.24) is 16.0 Å². The number of rotatable bonds is 18. The number of primary amides is 2. The predicted molar refractivity (Wildman–Crippen MR) is 126 cm³/mol. The molecule has 4 unspecified atom stereocenters. The van der Waals surface area contributed by atoms with Gasteiger partial charge in [0.1, 0.15) is 18.1 Å². The molecule has 4 atom stereocenters. The van der Waals surface area contributed by atoms with E-state index in [-0.39, 0.29) is 31.6 Å². The molecule has 5 amide bonds. The minimum atomic E-state index is -1.29. The molecule has 0 radical (unpaired) electrons. The summed E-state index contributed by atoms with van der Waals surface area (Å²) in [5, 5.41) is 16.7. The highest BCUT2D eigenvalue weighted by molar-refractivity contribution is 5.95. The summed E-state index contributed by atoms with van der Waals surface area (Å²) in [6.45, 7) is 3.96. The van der Waals surface area contributed by atoms with Crippen LogP contribution in [0.4, 0.5) is 0 Å². The molecule has 12 N–H and O–H groups in total. The monoisotopic (exact) mass is 501 g/mol. The number of nitrogens with one attached hydrogen (secondary N) is 3. The smallest absolute Gasteiger partial charge is 0.326 e. The van der Waals surface area contributed by atoms with E-state index in [1.165, 1.54) is 0 Å². The van der Waals surface area contributed by atoms with Crippen molar-refractivity contribution < 1.29 is 33.9 Å². The number of hydrogen-bond donors (Lipinski definition) is 8. The lowest BCUT2D eigenvalue weighted by Crippen LogP contribution is -2.57. The van der Waals surface area contributed by atoms with Gasteiger partial charge in [-0.1, -0.05) is 13.8 Å². The normalized spacial score (nSPS) is 14.3. The summed E-state index contributed by atoms with van der Waals surface area (Å²) < 4.78 is 0. The summed E-state index contributed by atoms with van der Waals surface area (Å²) in [7, 11) is 0. The molecule has 14 nitrogen and oxygen atoms in total. The van der Waals surface area contributed by atoms with Crippen molar-refractivity contribution in [3.63, 3.8) is 0 Å². The summed E-state index contributed by atoms with van der Waals surface area (Å²) in [6.07, 6.45) is 0.447. The molecule has 0 heterocycles. The van der Waals surface area contributed by atoms with Crippen LogP contribution in [0.3, 0.4) is 0 Å². The van der Waals surface area contributed by atoms with Gasteiger partial charge in [0.2, 0.25) is 29.5 Å². The van der Waals surface area contributed by atoms with Crippen molar-refractivity contribution in [2.75, 3.05) is 6.54 Å². The summed E-state index contributed by atoms with van der Waals surface area (Å²) in [4.78, 5) is 71.9. The van der Waals surface area contributed by atoms with E-state index >= 15 is 0 Å². The number of carbonyl (C=O) groups is 6. The Labute approximate surface area is 204 Å². The Kier molecular flexibility index (Phi) is 14.9. The second kappa shape index (κ2) is 16.4. The Balaban J connectivity index is 5.54. The molecule has 0 aromatic carbocycles. The zero-order valence-electron chi connectivity index (χ0n) is 20.2. The maximum absolute atomic E-state index is 13.0. The summed E-state index contributed by atoms with van der Waals surface area (Å²) in [5.74, 6) is -5.19. The van der Waals surface area contributed by atoms with Gasteiger partial charge in [-0.3, -0.25) is 24.0 Å². The molecule has 0 aliphatic carbocycles. The van der Waals surface area contributed by atoms with E-state index in [9.17, 15) is 33.9 Å². The number of carbonyl (C=O) groups excluding carboxylic acids is 5. The zero-order valence-corrected chi connectivity index (χ0v) is 20.2. The van der Waals surface area contributed by atoms with Crippen LogP contribution in [0.5, 0.6) is 0 Å². The molecular formula is C21H39N7O7. The maximum atomic E-state index is 13.0. The minimum absolute atomic E-state index is 0.0600. The molecule has 0 fully saturated rings. The van der Waals surface area contributed by atoms with Crippen molar-refractivity contribution in [2.24, 2.45) is 28.9 Å². The fraction of sp³-hybridized carbons (Fsp3) is 0.714. The average Bonchev–Trinajstić information content (AvgIpc) is 2.74. The van der Waals surface area contributed by atoms with Gasteiger partial charge in [-0.2, -0.15) is 0 Å². The van der Waals surface area contributed by atoms with E-state index in [2.05, 4.69) is 16.0 Å². The van der Waals surface area contributed by atoms with Crippen molar-refractivity contribution in [3.8, 4) is 0 Å². The van der Waals surface area contributed by atoms with Gasteiger partial charge >= 0.3 is 5.97 Å². The first-order valence-corrected chi connectivity index (χ1v) is 11.4. The number of carboxylic acids is 1. The highest BCUT2D eigenvalue weighted by Gasteiger charge is 2.31. The Hall–Kier alpha value is -3.26. The van der Waals surface area contributed by atoms with Crippen LogP contribution < -0.4 is 38.9 Å². The lowest BCUT2D eigenvalue weighted by molar-refractivity contribution is -0.142. The molecule has 0 aromatic heterocycles.